The van der Waals surface area contributed by atoms with E-state index in [9.17, 15) is 4.79 Å². The molecule has 0 fully saturated rings. The zero-order valence-electron chi connectivity index (χ0n) is 11.8. The Labute approximate surface area is 123 Å². The number of hydrogen-bond acceptors (Lipinski definition) is 3. The Hall–Kier alpha value is -2.49. The van der Waals surface area contributed by atoms with Crippen molar-refractivity contribution in [3.63, 3.8) is 0 Å². The number of methoxy groups -OCH3 is 1. The van der Waals surface area contributed by atoms with E-state index in [1.54, 1.807) is 7.11 Å². The topological polar surface area (TPSA) is 41.6 Å². The summed E-state index contributed by atoms with van der Waals surface area (Å²) >= 11 is 0. The Morgan fingerprint density at radius 2 is 2.10 bits per heavy atom. The predicted octanol–water partition coefficient (Wildman–Crippen LogP) is 2.75. The third-order valence-electron chi connectivity index (χ3n) is 4.30. The molecule has 4 nitrogen and oxygen atoms in total. The lowest BCUT2D eigenvalue weighted by Gasteiger charge is -2.42. The Morgan fingerprint density at radius 3 is 2.95 bits per heavy atom. The van der Waals surface area contributed by atoms with Crippen molar-refractivity contribution in [3.8, 4) is 5.75 Å². The lowest BCUT2D eigenvalue weighted by Crippen LogP contribution is -2.45. The highest BCUT2D eigenvalue weighted by Gasteiger charge is 2.37. The predicted molar refractivity (Wildman–Crippen MR) is 81.9 cm³/mol. The molecule has 4 rings (SSSR count). The van der Waals surface area contributed by atoms with Crippen molar-refractivity contribution in [3.05, 3.63) is 53.6 Å². The number of nitrogens with zero attached hydrogens (tertiary/aromatic N) is 1. The molecule has 0 spiro atoms. The number of benzene rings is 2. The Morgan fingerprint density at radius 1 is 1.24 bits per heavy atom. The van der Waals surface area contributed by atoms with Gasteiger partial charge in [-0.25, -0.2) is 0 Å². The maximum absolute atomic E-state index is 12.5. The van der Waals surface area contributed by atoms with Gasteiger partial charge in [-0.3, -0.25) is 4.79 Å². The lowest BCUT2D eigenvalue weighted by atomic mass is 9.90. The first kappa shape index (κ1) is 12.3. The van der Waals surface area contributed by atoms with Gasteiger partial charge >= 0.3 is 0 Å². The van der Waals surface area contributed by atoms with E-state index >= 15 is 0 Å². The van der Waals surface area contributed by atoms with E-state index in [1.165, 1.54) is 5.56 Å². The minimum Gasteiger partial charge on any atom is -0.497 e. The quantitative estimate of drug-likeness (QED) is 0.873. The van der Waals surface area contributed by atoms with Crippen molar-refractivity contribution < 1.29 is 9.53 Å². The van der Waals surface area contributed by atoms with Crippen molar-refractivity contribution in [2.45, 2.75) is 12.5 Å². The van der Waals surface area contributed by atoms with Crippen LogP contribution in [0.3, 0.4) is 0 Å². The summed E-state index contributed by atoms with van der Waals surface area (Å²) in [5, 5.41) is 3.02. The molecular weight excluding hydrogens is 264 g/mol. The van der Waals surface area contributed by atoms with Crippen LogP contribution in [0.5, 0.6) is 5.75 Å². The van der Waals surface area contributed by atoms with Crippen LogP contribution in [0, 0.1) is 0 Å². The fourth-order valence-corrected chi connectivity index (χ4v) is 3.29. The Bertz CT molecular complexity index is 726. The third-order valence-corrected chi connectivity index (χ3v) is 4.30. The molecule has 0 aromatic heterocycles. The number of anilines is 2. The lowest BCUT2D eigenvalue weighted by molar-refractivity contribution is -0.117. The van der Waals surface area contributed by atoms with Crippen LogP contribution in [-0.4, -0.2) is 19.6 Å². The van der Waals surface area contributed by atoms with E-state index in [4.69, 9.17) is 4.74 Å². The molecule has 0 saturated heterocycles. The monoisotopic (exact) mass is 280 g/mol. The fourth-order valence-electron chi connectivity index (χ4n) is 3.29. The number of rotatable bonds is 1. The number of nitrogens with one attached hydrogen (secondary N) is 1. The van der Waals surface area contributed by atoms with Crippen molar-refractivity contribution in [2.24, 2.45) is 0 Å². The first-order chi connectivity index (χ1) is 10.3. The van der Waals surface area contributed by atoms with E-state index < -0.39 is 0 Å². The van der Waals surface area contributed by atoms with E-state index in [2.05, 4.69) is 22.3 Å². The second kappa shape index (κ2) is 4.52. The van der Waals surface area contributed by atoms with E-state index in [0.717, 1.165) is 35.7 Å². The molecule has 4 heteroatoms. The normalized spacial score (nSPS) is 19.2. The minimum absolute atomic E-state index is 0.0415. The number of carbonyl (C=O) groups is 1. The van der Waals surface area contributed by atoms with Gasteiger partial charge < -0.3 is 15.0 Å². The molecule has 2 aliphatic heterocycles. The van der Waals surface area contributed by atoms with Gasteiger partial charge in [-0.1, -0.05) is 24.3 Å². The molecule has 0 aliphatic carbocycles. The largest absolute Gasteiger partial charge is 0.497 e. The molecule has 1 atom stereocenters. The molecule has 2 heterocycles. The number of amides is 1. The van der Waals surface area contributed by atoms with Crippen LogP contribution >= 0.6 is 0 Å². The summed E-state index contributed by atoms with van der Waals surface area (Å²) in [5.41, 5.74) is 4.26. The molecular formula is C17H16N2O2. The summed E-state index contributed by atoms with van der Waals surface area (Å²) in [7, 11) is 1.66. The fraction of sp³-hybridized carbons (Fsp3) is 0.235. The third kappa shape index (κ3) is 1.79. The molecule has 1 N–H and O–H groups in total. The SMILES string of the molecule is COc1ccc2c(c1)N1CCc3ccccc3C1C(=O)N2. The zero-order chi connectivity index (χ0) is 14.4. The van der Waals surface area contributed by atoms with Gasteiger partial charge in [0.05, 0.1) is 18.5 Å². The van der Waals surface area contributed by atoms with Gasteiger partial charge in [-0.15, -0.1) is 0 Å². The number of carbonyl (C=O) groups excluding carboxylic acids is 1. The highest BCUT2D eigenvalue weighted by molar-refractivity contribution is 6.04. The molecule has 1 unspecified atom stereocenters. The maximum Gasteiger partial charge on any atom is 0.251 e. The molecule has 0 radical (unpaired) electrons. The molecule has 0 bridgehead atoms. The summed E-state index contributed by atoms with van der Waals surface area (Å²) in [4.78, 5) is 14.7. The van der Waals surface area contributed by atoms with Crippen LogP contribution in [0.25, 0.3) is 0 Å². The zero-order valence-corrected chi connectivity index (χ0v) is 11.8. The van der Waals surface area contributed by atoms with Crippen molar-refractivity contribution in [2.75, 3.05) is 23.9 Å². The molecule has 106 valence electrons. The average Bonchev–Trinajstić information content (AvgIpc) is 2.54. The maximum atomic E-state index is 12.5. The van der Waals surface area contributed by atoms with E-state index in [1.807, 2.05) is 30.3 Å². The highest BCUT2D eigenvalue weighted by Crippen LogP contribution is 2.43. The first-order valence-electron chi connectivity index (χ1n) is 7.11. The van der Waals surface area contributed by atoms with Crippen molar-refractivity contribution in [1.29, 1.82) is 0 Å². The van der Waals surface area contributed by atoms with Crippen LogP contribution in [0.2, 0.25) is 0 Å². The van der Waals surface area contributed by atoms with Gasteiger partial charge in [0.25, 0.3) is 5.91 Å². The minimum atomic E-state index is -0.241. The molecule has 1 amide bonds. The second-order valence-electron chi connectivity index (χ2n) is 5.42. The van der Waals surface area contributed by atoms with Crippen LogP contribution in [0.4, 0.5) is 11.4 Å². The summed E-state index contributed by atoms with van der Waals surface area (Å²) in [6.45, 7) is 0.843. The summed E-state index contributed by atoms with van der Waals surface area (Å²) in [6, 6.07) is 13.7. The smallest absolute Gasteiger partial charge is 0.251 e. The first-order valence-corrected chi connectivity index (χ1v) is 7.11. The van der Waals surface area contributed by atoms with E-state index in [0.29, 0.717) is 0 Å². The number of fused-ring (bicyclic) bond motifs is 5. The second-order valence-corrected chi connectivity index (χ2v) is 5.42. The van der Waals surface area contributed by atoms with Crippen LogP contribution in [-0.2, 0) is 11.2 Å². The van der Waals surface area contributed by atoms with Gasteiger partial charge in [-0.05, 0) is 29.7 Å². The van der Waals surface area contributed by atoms with Gasteiger partial charge in [0, 0.05) is 12.6 Å². The summed E-state index contributed by atoms with van der Waals surface area (Å²) in [6.07, 6.45) is 0.955. The Balaban J connectivity index is 1.86. The van der Waals surface area contributed by atoms with E-state index in [-0.39, 0.29) is 11.9 Å². The highest BCUT2D eigenvalue weighted by atomic mass is 16.5. The molecule has 21 heavy (non-hydrogen) atoms. The standard InChI is InChI=1S/C17H16N2O2/c1-21-12-6-7-14-15(10-12)19-9-8-11-4-2-3-5-13(11)16(19)17(20)18-14/h2-7,10,16H,8-9H2,1H3,(H,18,20). The number of hydrogen-bond donors (Lipinski definition) is 1. The van der Waals surface area contributed by atoms with Gasteiger partial charge in [0.2, 0.25) is 0 Å². The van der Waals surface area contributed by atoms with Crippen LogP contribution in [0.15, 0.2) is 42.5 Å². The molecule has 2 aromatic carbocycles. The Kier molecular flexibility index (Phi) is 2.64. The van der Waals surface area contributed by atoms with Gasteiger partial charge in [0.1, 0.15) is 11.8 Å². The van der Waals surface area contributed by atoms with Crippen molar-refractivity contribution >= 4 is 17.3 Å². The van der Waals surface area contributed by atoms with Crippen molar-refractivity contribution in [1.82, 2.24) is 0 Å². The molecule has 0 saturated carbocycles. The van der Waals surface area contributed by atoms with Gasteiger partial charge in [0.15, 0.2) is 0 Å². The van der Waals surface area contributed by atoms with Crippen LogP contribution in [0.1, 0.15) is 17.2 Å². The molecule has 2 aliphatic rings. The van der Waals surface area contributed by atoms with Gasteiger partial charge in [-0.2, -0.15) is 0 Å². The molecule has 2 aromatic rings. The average molecular weight is 280 g/mol. The van der Waals surface area contributed by atoms with Crippen LogP contribution < -0.4 is 15.0 Å². The number of ether oxygens (including phenoxy) is 1. The summed E-state index contributed by atoms with van der Waals surface area (Å²) < 4.78 is 5.32. The summed E-state index contributed by atoms with van der Waals surface area (Å²) in [5.74, 6) is 0.849.